The number of nitrogens with zero attached hydrogens (tertiary/aromatic N) is 2. The van der Waals surface area contributed by atoms with E-state index in [-0.39, 0.29) is 11.7 Å². The summed E-state index contributed by atoms with van der Waals surface area (Å²) >= 11 is 1.40. The molecule has 1 aromatic heterocycles. The van der Waals surface area contributed by atoms with Gasteiger partial charge in [0.05, 0.1) is 11.4 Å². The van der Waals surface area contributed by atoms with Crippen molar-refractivity contribution in [1.29, 1.82) is 0 Å². The summed E-state index contributed by atoms with van der Waals surface area (Å²) in [6.45, 7) is 4.31. The normalized spacial score (nSPS) is 16.0. The Morgan fingerprint density at radius 1 is 1.08 bits per heavy atom. The molecule has 24 heavy (non-hydrogen) atoms. The molecule has 3 rings (SSSR count). The highest BCUT2D eigenvalue weighted by atomic mass is 32.1. The van der Waals surface area contributed by atoms with Crippen LogP contribution in [0, 0.1) is 0 Å². The first-order valence-electron chi connectivity index (χ1n) is 8.01. The Morgan fingerprint density at radius 3 is 2.42 bits per heavy atom. The van der Waals surface area contributed by atoms with Crippen LogP contribution in [-0.2, 0) is 0 Å². The molecular formula is C18H21N3O2S. The molecule has 0 bridgehead atoms. The Bertz CT molecular complexity index is 690. The van der Waals surface area contributed by atoms with Gasteiger partial charge < -0.3 is 10.2 Å². The number of nitrogens with one attached hydrogen (secondary N) is 1. The van der Waals surface area contributed by atoms with E-state index in [4.69, 9.17) is 0 Å². The number of benzene rings is 1. The SMILES string of the molecule is CN1CCN(CC(=O)c2ccc(NC(=O)c3cccs3)cc2)CC1. The lowest BCUT2D eigenvalue weighted by Gasteiger charge is -2.31. The van der Waals surface area contributed by atoms with E-state index in [0.717, 1.165) is 26.2 Å². The highest BCUT2D eigenvalue weighted by molar-refractivity contribution is 7.12. The molecule has 0 unspecified atom stereocenters. The summed E-state index contributed by atoms with van der Waals surface area (Å²) in [4.78, 5) is 29.5. The molecule has 5 nitrogen and oxygen atoms in total. The summed E-state index contributed by atoms with van der Waals surface area (Å²) in [6.07, 6.45) is 0. The van der Waals surface area contributed by atoms with Crippen molar-refractivity contribution in [3.8, 4) is 0 Å². The van der Waals surface area contributed by atoms with Crippen molar-refractivity contribution in [2.75, 3.05) is 45.1 Å². The fraction of sp³-hybridized carbons (Fsp3) is 0.333. The third kappa shape index (κ3) is 4.29. The van der Waals surface area contributed by atoms with Gasteiger partial charge in [-0.15, -0.1) is 11.3 Å². The first-order chi connectivity index (χ1) is 11.6. The molecule has 0 saturated carbocycles. The topological polar surface area (TPSA) is 52.6 Å². The summed E-state index contributed by atoms with van der Waals surface area (Å²) < 4.78 is 0. The molecule has 1 aliphatic heterocycles. The number of Topliss-reactive ketones (excluding diaryl/α,β-unsaturated/α-hetero) is 1. The first kappa shape index (κ1) is 16.8. The minimum absolute atomic E-state index is 0.121. The van der Waals surface area contributed by atoms with Crippen LogP contribution in [0.3, 0.4) is 0 Å². The zero-order valence-corrected chi connectivity index (χ0v) is 14.5. The van der Waals surface area contributed by atoms with Gasteiger partial charge in [0.25, 0.3) is 5.91 Å². The fourth-order valence-corrected chi connectivity index (χ4v) is 3.26. The number of hydrogen-bond donors (Lipinski definition) is 1. The minimum Gasteiger partial charge on any atom is -0.321 e. The zero-order chi connectivity index (χ0) is 16.9. The largest absolute Gasteiger partial charge is 0.321 e. The molecule has 1 saturated heterocycles. The van der Waals surface area contributed by atoms with E-state index in [2.05, 4.69) is 22.2 Å². The third-order valence-electron chi connectivity index (χ3n) is 4.17. The zero-order valence-electron chi connectivity index (χ0n) is 13.7. The molecule has 1 aromatic carbocycles. The van der Waals surface area contributed by atoms with Crippen LogP contribution in [0.4, 0.5) is 5.69 Å². The van der Waals surface area contributed by atoms with Crippen LogP contribution in [0.5, 0.6) is 0 Å². The second-order valence-corrected chi connectivity index (χ2v) is 6.96. The molecule has 0 spiro atoms. The Kier molecular flexibility index (Phi) is 5.40. The molecule has 0 atom stereocenters. The molecule has 0 radical (unpaired) electrons. The smallest absolute Gasteiger partial charge is 0.265 e. The van der Waals surface area contributed by atoms with Gasteiger partial charge in [-0.05, 0) is 42.8 Å². The number of carbonyl (C=O) groups is 2. The van der Waals surface area contributed by atoms with E-state index < -0.39 is 0 Å². The van der Waals surface area contributed by atoms with Gasteiger partial charge in [0.1, 0.15) is 0 Å². The van der Waals surface area contributed by atoms with Crippen LogP contribution in [0.1, 0.15) is 20.0 Å². The lowest BCUT2D eigenvalue weighted by atomic mass is 10.1. The van der Waals surface area contributed by atoms with Crippen LogP contribution in [0.25, 0.3) is 0 Å². The standard InChI is InChI=1S/C18H21N3O2S/c1-20-8-10-21(11-9-20)13-16(22)14-4-6-15(7-5-14)19-18(23)17-3-2-12-24-17/h2-7,12H,8-11,13H2,1H3,(H,19,23). The summed E-state index contributed by atoms with van der Waals surface area (Å²) in [5, 5.41) is 4.71. The monoisotopic (exact) mass is 343 g/mol. The molecule has 1 fully saturated rings. The molecule has 126 valence electrons. The van der Waals surface area contributed by atoms with Crippen molar-refractivity contribution in [1.82, 2.24) is 9.80 Å². The molecule has 2 aromatic rings. The van der Waals surface area contributed by atoms with Gasteiger partial charge in [0, 0.05) is 37.4 Å². The molecular weight excluding hydrogens is 322 g/mol. The summed E-state index contributed by atoms with van der Waals surface area (Å²) in [5.74, 6) is -0.00259. The second-order valence-electron chi connectivity index (χ2n) is 6.01. The number of ketones is 1. The van der Waals surface area contributed by atoms with Crippen LogP contribution < -0.4 is 5.32 Å². The van der Waals surface area contributed by atoms with E-state index in [1.165, 1.54) is 11.3 Å². The van der Waals surface area contributed by atoms with Crippen LogP contribution in [0.2, 0.25) is 0 Å². The van der Waals surface area contributed by atoms with Crippen molar-refractivity contribution in [3.05, 3.63) is 52.2 Å². The van der Waals surface area contributed by atoms with Crippen molar-refractivity contribution < 1.29 is 9.59 Å². The first-order valence-corrected chi connectivity index (χ1v) is 8.89. The third-order valence-corrected chi connectivity index (χ3v) is 5.04. The maximum absolute atomic E-state index is 12.4. The maximum Gasteiger partial charge on any atom is 0.265 e. The summed E-state index contributed by atoms with van der Waals surface area (Å²) in [7, 11) is 2.10. The Balaban J connectivity index is 1.55. The number of amides is 1. The van der Waals surface area contributed by atoms with Gasteiger partial charge in [-0.1, -0.05) is 6.07 Å². The van der Waals surface area contributed by atoms with E-state index >= 15 is 0 Å². The Labute approximate surface area is 145 Å². The van der Waals surface area contributed by atoms with Gasteiger partial charge in [-0.2, -0.15) is 0 Å². The maximum atomic E-state index is 12.4. The summed E-state index contributed by atoms with van der Waals surface area (Å²) in [6, 6.07) is 10.8. The second kappa shape index (κ2) is 7.70. The van der Waals surface area contributed by atoms with Crippen molar-refractivity contribution in [2.45, 2.75) is 0 Å². The number of anilines is 1. The van der Waals surface area contributed by atoms with Crippen LogP contribution in [0.15, 0.2) is 41.8 Å². The molecule has 2 heterocycles. The lowest BCUT2D eigenvalue weighted by Crippen LogP contribution is -2.46. The van der Waals surface area contributed by atoms with Gasteiger partial charge in [0.15, 0.2) is 5.78 Å². The minimum atomic E-state index is -0.124. The Hall–Kier alpha value is -2.02. The van der Waals surface area contributed by atoms with Gasteiger partial charge >= 0.3 is 0 Å². The number of hydrogen-bond acceptors (Lipinski definition) is 5. The van der Waals surface area contributed by atoms with Crippen LogP contribution >= 0.6 is 11.3 Å². The van der Waals surface area contributed by atoms with Gasteiger partial charge in [-0.3, -0.25) is 14.5 Å². The number of rotatable bonds is 5. The van der Waals surface area contributed by atoms with Crippen molar-refractivity contribution in [3.63, 3.8) is 0 Å². The number of likely N-dealkylation sites (N-methyl/N-ethyl adjacent to an activating group) is 1. The predicted molar refractivity (Wildman–Crippen MR) is 97.0 cm³/mol. The van der Waals surface area contributed by atoms with E-state index in [9.17, 15) is 9.59 Å². The Morgan fingerprint density at radius 2 is 1.79 bits per heavy atom. The molecule has 1 amide bonds. The van der Waals surface area contributed by atoms with Gasteiger partial charge in [-0.25, -0.2) is 0 Å². The number of piperazine rings is 1. The average molecular weight is 343 g/mol. The fourth-order valence-electron chi connectivity index (χ4n) is 2.64. The van der Waals surface area contributed by atoms with E-state index in [0.29, 0.717) is 22.7 Å². The highest BCUT2D eigenvalue weighted by Gasteiger charge is 2.17. The highest BCUT2D eigenvalue weighted by Crippen LogP contribution is 2.15. The van der Waals surface area contributed by atoms with Gasteiger partial charge in [0.2, 0.25) is 0 Å². The van der Waals surface area contributed by atoms with Crippen molar-refractivity contribution >= 4 is 28.7 Å². The summed E-state index contributed by atoms with van der Waals surface area (Å²) in [5.41, 5.74) is 1.38. The molecule has 6 heteroatoms. The van der Waals surface area contributed by atoms with E-state index in [1.807, 2.05) is 11.4 Å². The predicted octanol–water partition coefficient (Wildman–Crippen LogP) is 2.43. The van der Waals surface area contributed by atoms with E-state index in [1.54, 1.807) is 30.3 Å². The van der Waals surface area contributed by atoms with Crippen LogP contribution in [-0.4, -0.2) is 61.3 Å². The number of thiophene rings is 1. The number of carbonyl (C=O) groups excluding carboxylic acids is 2. The van der Waals surface area contributed by atoms with Crippen molar-refractivity contribution in [2.24, 2.45) is 0 Å². The molecule has 1 aliphatic rings. The molecule has 1 N–H and O–H groups in total. The average Bonchev–Trinajstić information content (AvgIpc) is 3.12. The quantitative estimate of drug-likeness (QED) is 0.847. The molecule has 0 aliphatic carbocycles. The lowest BCUT2D eigenvalue weighted by molar-refractivity contribution is 0.0876.